The lowest BCUT2D eigenvalue weighted by atomic mass is 10.2. The average molecular weight is 288 g/mol. The van der Waals surface area contributed by atoms with E-state index in [1.165, 1.54) is 13.2 Å². The second-order valence-electron chi connectivity index (χ2n) is 3.81. The smallest absolute Gasteiger partial charge is 0.240 e. The highest BCUT2D eigenvalue weighted by Gasteiger charge is 2.23. The zero-order valence-electron chi connectivity index (χ0n) is 9.37. The molecule has 4 nitrogen and oxygen atoms in total. The number of carbonyl (C=O) groups excluding carboxylic acids is 1. The standard InChI is InChI=1S/C11H14BrNO3/c1-11(2,12)10(15)13-7-4-5-9(16-3)8(14)6-7/h4-6,14H,1-3H3,(H,13,15). The predicted molar refractivity (Wildman–Crippen MR) is 66.3 cm³/mol. The Hall–Kier alpha value is -1.23. The van der Waals surface area contributed by atoms with Crippen LogP contribution in [0.1, 0.15) is 13.8 Å². The summed E-state index contributed by atoms with van der Waals surface area (Å²) in [6.45, 7) is 3.48. The lowest BCUT2D eigenvalue weighted by molar-refractivity contribution is -0.117. The number of phenols is 1. The van der Waals surface area contributed by atoms with Crippen LogP contribution in [-0.2, 0) is 4.79 Å². The molecule has 1 aromatic rings. The van der Waals surface area contributed by atoms with Crippen molar-refractivity contribution in [2.24, 2.45) is 0 Å². The Morgan fingerprint density at radius 1 is 1.50 bits per heavy atom. The van der Waals surface area contributed by atoms with E-state index in [1.54, 1.807) is 26.0 Å². The molecule has 0 aromatic heterocycles. The SMILES string of the molecule is COc1ccc(NC(=O)C(C)(C)Br)cc1O. The van der Waals surface area contributed by atoms with Crippen LogP contribution < -0.4 is 10.1 Å². The van der Waals surface area contributed by atoms with Crippen molar-refractivity contribution in [3.8, 4) is 11.5 Å². The third-order valence-electron chi connectivity index (χ3n) is 1.98. The minimum absolute atomic E-state index is 0.00678. The summed E-state index contributed by atoms with van der Waals surface area (Å²) in [6.07, 6.45) is 0. The van der Waals surface area contributed by atoms with E-state index in [2.05, 4.69) is 21.2 Å². The first-order valence-electron chi connectivity index (χ1n) is 4.72. The number of hydrogen-bond donors (Lipinski definition) is 2. The number of rotatable bonds is 3. The van der Waals surface area contributed by atoms with Gasteiger partial charge in [0.05, 0.1) is 11.4 Å². The maximum atomic E-state index is 11.6. The van der Waals surface area contributed by atoms with Crippen LogP contribution in [0.25, 0.3) is 0 Å². The van der Waals surface area contributed by atoms with E-state index in [-0.39, 0.29) is 11.7 Å². The number of aromatic hydroxyl groups is 1. The molecule has 0 atom stereocenters. The summed E-state index contributed by atoms with van der Waals surface area (Å²) in [7, 11) is 1.47. The van der Waals surface area contributed by atoms with Crippen LogP contribution in [0.5, 0.6) is 11.5 Å². The van der Waals surface area contributed by atoms with Crippen molar-refractivity contribution in [2.75, 3.05) is 12.4 Å². The molecular weight excluding hydrogens is 274 g/mol. The van der Waals surface area contributed by atoms with Gasteiger partial charge in [-0.25, -0.2) is 0 Å². The number of nitrogens with one attached hydrogen (secondary N) is 1. The van der Waals surface area contributed by atoms with Gasteiger partial charge in [-0.1, -0.05) is 15.9 Å². The first-order chi connectivity index (χ1) is 7.34. The van der Waals surface area contributed by atoms with Crippen LogP contribution in [0.2, 0.25) is 0 Å². The Balaban J connectivity index is 2.84. The number of amides is 1. The number of anilines is 1. The number of phenolic OH excluding ortho intramolecular Hbond substituents is 1. The highest BCUT2D eigenvalue weighted by atomic mass is 79.9. The molecule has 0 bridgehead atoms. The maximum absolute atomic E-state index is 11.6. The van der Waals surface area contributed by atoms with Crippen molar-refractivity contribution in [2.45, 2.75) is 18.2 Å². The topological polar surface area (TPSA) is 58.6 Å². The van der Waals surface area contributed by atoms with Gasteiger partial charge in [0, 0.05) is 11.8 Å². The highest BCUT2D eigenvalue weighted by Crippen LogP contribution is 2.29. The van der Waals surface area contributed by atoms with Gasteiger partial charge in [0.15, 0.2) is 11.5 Å². The zero-order chi connectivity index (χ0) is 12.3. The lowest BCUT2D eigenvalue weighted by Gasteiger charge is -2.16. The van der Waals surface area contributed by atoms with E-state index >= 15 is 0 Å². The summed E-state index contributed by atoms with van der Waals surface area (Å²) < 4.78 is 4.25. The number of ether oxygens (including phenoxy) is 1. The first-order valence-corrected chi connectivity index (χ1v) is 5.51. The van der Waals surface area contributed by atoms with Gasteiger partial charge in [0.25, 0.3) is 0 Å². The third-order valence-corrected chi connectivity index (χ3v) is 2.34. The summed E-state index contributed by atoms with van der Waals surface area (Å²) in [5.74, 6) is 0.181. The molecular formula is C11H14BrNO3. The fourth-order valence-corrected chi connectivity index (χ4v) is 1.15. The Bertz CT molecular complexity index is 399. The van der Waals surface area contributed by atoms with Crippen LogP contribution >= 0.6 is 15.9 Å². The lowest BCUT2D eigenvalue weighted by Crippen LogP contribution is -2.30. The van der Waals surface area contributed by atoms with Crippen molar-refractivity contribution in [3.05, 3.63) is 18.2 Å². The van der Waals surface area contributed by atoms with Crippen LogP contribution in [0.15, 0.2) is 18.2 Å². The summed E-state index contributed by atoms with van der Waals surface area (Å²) in [6, 6.07) is 4.69. The van der Waals surface area contributed by atoms with Crippen molar-refractivity contribution < 1.29 is 14.6 Å². The van der Waals surface area contributed by atoms with Crippen LogP contribution in [-0.4, -0.2) is 22.4 Å². The van der Waals surface area contributed by atoms with Crippen LogP contribution in [0.4, 0.5) is 5.69 Å². The molecule has 0 heterocycles. The molecule has 5 heteroatoms. The van der Waals surface area contributed by atoms with Gasteiger partial charge in [-0.15, -0.1) is 0 Å². The molecule has 0 radical (unpaired) electrons. The van der Waals surface area contributed by atoms with Crippen molar-refractivity contribution >= 4 is 27.5 Å². The van der Waals surface area contributed by atoms with Gasteiger partial charge >= 0.3 is 0 Å². The normalized spacial score (nSPS) is 11.0. The zero-order valence-corrected chi connectivity index (χ0v) is 11.0. The summed E-state index contributed by atoms with van der Waals surface area (Å²) in [5.41, 5.74) is 0.524. The van der Waals surface area contributed by atoms with Gasteiger partial charge < -0.3 is 15.2 Å². The molecule has 0 unspecified atom stereocenters. The van der Waals surface area contributed by atoms with Crippen molar-refractivity contribution in [3.63, 3.8) is 0 Å². The summed E-state index contributed by atoms with van der Waals surface area (Å²) >= 11 is 3.25. The van der Waals surface area contributed by atoms with Gasteiger partial charge in [-0.3, -0.25) is 4.79 Å². The summed E-state index contributed by atoms with van der Waals surface area (Å²) in [5, 5.41) is 12.2. The minimum Gasteiger partial charge on any atom is -0.504 e. The Morgan fingerprint density at radius 2 is 2.12 bits per heavy atom. The molecule has 0 saturated heterocycles. The number of alkyl halides is 1. The van der Waals surface area contributed by atoms with Crippen LogP contribution in [0, 0.1) is 0 Å². The molecule has 1 rings (SSSR count). The average Bonchev–Trinajstić information content (AvgIpc) is 2.16. The monoisotopic (exact) mass is 287 g/mol. The number of hydrogen-bond acceptors (Lipinski definition) is 3. The van der Waals surface area contributed by atoms with E-state index in [4.69, 9.17) is 4.74 Å². The molecule has 1 amide bonds. The van der Waals surface area contributed by atoms with Crippen LogP contribution in [0.3, 0.4) is 0 Å². The fourth-order valence-electron chi connectivity index (χ4n) is 1.05. The highest BCUT2D eigenvalue weighted by molar-refractivity contribution is 9.10. The number of halogens is 1. The van der Waals surface area contributed by atoms with Gasteiger partial charge in [0.1, 0.15) is 0 Å². The molecule has 16 heavy (non-hydrogen) atoms. The Morgan fingerprint density at radius 3 is 2.56 bits per heavy atom. The van der Waals surface area contributed by atoms with E-state index in [0.717, 1.165) is 0 Å². The molecule has 0 aliphatic rings. The first kappa shape index (κ1) is 12.8. The fraction of sp³-hybridized carbons (Fsp3) is 0.364. The molecule has 88 valence electrons. The molecule has 0 spiro atoms. The largest absolute Gasteiger partial charge is 0.504 e. The molecule has 1 aromatic carbocycles. The quantitative estimate of drug-likeness (QED) is 0.840. The molecule has 0 aliphatic carbocycles. The van der Waals surface area contributed by atoms with Gasteiger partial charge in [-0.05, 0) is 26.0 Å². The number of benzene rings is 1. The second-order valence-corrected chi connectivity index (χ2v) is 5.80. The Labute approximate surface area is 103 Å². The van der Waals surface area contributed by atoms with Crippen molar-refractivity contribution in [1.29, 1.82) is 0 Å². The molecule has 0 aliphatic heterocycles. The van der Waals surface area contributed by atoms with E-state index in [9.17, 15) is 9.90 Å². The number of carbonyl (C=O) groups is 1. The molecule has 2 N–H and O–H groups in total. The maximum Gasteiger partial charge on any atom is 0.240 e. The predicted octanol–water partition coefficient (Wildman–Crippen LogP) is 2.51. The van der Waals surface area contributed by atoms with E-state index < -0.39 is 4.32 Å². The third kappa shape index (κ3) is 3.13. The Kier molecular flexibility index (Phi) is 3.80. The summed E-state index contributed by atoms with van der Waals surface area (Å²) in [4.78, 5) is 11.6. The van der Waals surface area contributed by atoms with Gasteiger partial charge in [0.2, 0.25) is 5.91 Å². The van der Waals surface area contributed by atoms with Gasteiger partial charge in [-0.2, -0.15) is 0 Å². The van der Waals surface area contributed by atoms with Crippen molar-refractivity contribution in [1.82, 2.24) is 0 Å². The second kappa shape index (κ2) is 4.74. The van der Waals surface area contributed by atoms with E-state index in [0.29, 0.717) is 11.4 Å². The molecule has 0 fully saturated rings. The number of methoxy groups -OCH3 is 1. The van der Waals surface area contributed by atoms with E-state index in [1.807, 2.05) is 0 Å². The minimum atomic E-state index is -0.650. The molecule has 0 saturated carbocycles.